The van der Waals surface area contributed by atoms with Crippen LogP contribution in [0.3, 0.4) is 0 Å². The number of hydrogen-bond acceptors (Lipinski definition) is 3. The Bertz CT molecular complexity index is 253. The van der Waals surface area contributed by atoms with Gasteiger partial charge in [-0.3, -0.25) is 9.50 Å². The SMILES string of the molecule is F.O=C(c1ccccc1)N(S)S. The Morgan fingerprint density at radius 2 is 1.67 bits per heavy atom. The lowest BCUT2D eigenvalue weighted by Crippen LogP contribution is -2.10. The Morgan fingerprint density at radius 1 is 1.17 bits per heavy atom. The predicted octanol–water partition coefficient (Wildman–Crippen LogP) is 1.97. The highest BCUT2D eigenvalue weighted by molar-refractivity contribution is 7.94. The molecule has 0 N–H and O–H groups in total. The van der Waals surface area contributed by atoms with Crippen LogP contribution in [0.1, 0.15) is 10.4 Å². The summed E-state index contributed by atoms with van der Waals surface area (Å²) in [6, 6.07) is 8.85. The normalized spacial score (nSPS) is 8.50. The van der Waals surface area contributed by atoms with E-state index in [1.165, 1.54) is 0 Å². The molecule has 0 unspecified atom stereocenters. The average molecular weight is 205 g/mol. The van der Waals surface area contributed by atoms with Crippen LogP contribution >= 0.6 is 25.6 Å². The van der Waals surface area contributed by atoms with Gasteiger partial charge in [0.2, 0.25) is 0 Å². The van der Waals surface area contributed by atoms with E-state index in [9.17, 15) is 4.79 Å². The summed E-state index contributed by atoms with van der Waals surface area (Å²) in [6.07, 6.45) is 0. The standard InChI is InChI=1S/C7H7NOS2.FH/c9-7(8(10)11)6-4-2-1-3-5-6;/h1-5,10-11H;1H. The van der Waals surface area contributed by atoms with Gasteiger partial charge in [0.05, 0.1) is 0 Å². The molecule has 0 bridgehead atoms. The number of hydrogen-bond donors (Lipinski definition) is 2. The van der Waals surface area contributed by atoms with Gasteiger partial charge in [-0.2, -0.15) is 0 Å². The van der Waals surface area contributed by atoms with Crippen molar-refractivity contribution < 1.29 is 9.50 Å². The number of halogens is 1. The molecule has 2 nitrogen and oxygen atoms in total. The van der Waals surface area contributed by atoms with Crippen molar-refractivity contribution in [3.05, 3.63) is 35.9 Å². The van der Waals surface area contributed by atoms with Gasteiger partial charge in [-0.25, -0.2) is 3.71 Å². The third-order valence-electron chi connectivity index (χ3n) is 1.20. The van der Waals surface area contributed by atoms with Crippen molar-refractivity contribution >= 4 is 31.5 Å². The van der Waals surface area contributed by atoms with Crippen LogP contribution in [-0.2, 0) is 0 Å². The van der Waals surface area contributed by atoms with Gasteiger partial charge < -0.3 is 0 Å². The van der Waals surface area contributed by atoms with Crippen LogP contribution in [0.15, 0.2) is 30.3 Å². The summed E-state index contributed by atoms with van der Waals surface area (Å²) in [6.45, 7) is 0. The van der Waals surface area contributed by atoms with E-state index in [4.69, 9.17) is 0 Å². The van der Waals surface area contributed by atoms with Crippen LogP contribution in [0.2, 0.25) is 0 Å². The minimum absolute atomic E-state index is 0. The molecule has 66 valence electrons. The van der Waals surface area contributed by atoms with E-state index < -0.39 is 0 Å². The molecule has 0 atom stereocenters. The summed E-state index contributed by atoms with van der Waals surface area (Å²) in [4.78, 5) is 11.1. The van der Waals surface area contributed by atoms with Crippen molar-refractivity contribution in [3.8, 4) is 0 Å². The van der Waals surface area contributed by atoms with Gasteiger partial charge >= 0.3 is 0 Å². The average Bonchev–Trinajstić information content (AvgIpc) is 2.05. The molecule has 1 rings (SSSR count). The summed E-state index contributed by atoms with van der Waals surface area (Å²) in [5.74, 6) is -0.225. The molecule has 0 saturated carbocycles. The van der Waals surface area contributed by atoms with E-state index in [0.717, 1.165) is 3.71 Å². The van der Waals surface area contributed by atoms with Gasteiger partial charge in [-0.1, -0.05) is 43.8 Å². The first-order valence-electron chi connectivity index (χ1n) is 2.99. The summed E-state index contributed by atoms with van der Waals surface area (Å²) < 4.78 is 0.954. The number of amides is 1. The number of benzene rings is 1. The van der Waals surface area contributed by atoms with Crippen molar-refractivity contribution in [2.75, 3.05) is 0 Å². The highest BCUT2D eigenvalue weighted by atomic mass is 32.2. The lowest BCUT2D eigenvalue weighted by atomic mass is 10.2. The van der Waals surface area contributed by atoms with Crippen LogP contribution in [0.25, 0.3) is 0 Å². The second kappa shape index (κ2) is 5.05. The number of nitrogens with zero attached hydrogens (tertiary/aromatic N) is 1. The molecule has 0 radical (unpaired) electrons. The van der Waals surface area contributed by atoms with Gasteiger partial charge in [0.1, 0.15) is 0 Å². The van der Waals surface area contributed by atoms with Gasteiger partial charge in [0.15, 0.2) is 0 Å². The topological polar surface area (TPSA) is 20.3 Å². The van der Waals surface area contributed by atoms with Gasteiger partial charge in [0.25, 0.3) is 5.91 Å². The lowest BCUT2D eigenvalue weighted by molar-refractivity contribution is 0.0936. The Kier molecular flexibility index (Phi) is 4.77. The van der Waals surface area contributed by atoms with Crippen molar-refractivity contribution in [3.63, 3.8) is 0 Å². The van der Waals surface area contributed by atoms with E-state index in [2.05, 4.69) is 25.6 Å². The summed E-state index contributed by atoms with van der Waals surface area (Å²) in [5, 5.41) is 0. The maximum Gasteiger partial charge on any atom is 0.273 e. The predicted molar refractivity (Wildman–Crippen MR) is 53.1 cm³/mol. The Hall–Kier alpha value is -0.680. The number of carbonyl (C=O) groups excluding carboxylic acids is 1. The van der Waals surface area contributed by atoms with Crippen LogP contribution in [0.4, 0.5) is 4.70 Å². The molecule has 0 aliphatic carbocycles. The van der Waals surface area contributed by atoms with E-state index in [0.29, 0.717) is 5.56 Å². The zero-order chi connectivity index (χ0) is 8.27. The van der Waals surface area contributed by atoms with Crippen molar-refractivity contribution in [1.82, 2.24) is 3.71 Å². The summed E-state index contributed by atoms with van der Waals surface area (Å²) >= 11 is 7.50. The number of rotatable bonds is 1. The van der Waals surface area contributed by atoms with E-state index in [-0.39, 0.29) is 10.6 Å². The molecule has 5 heteroatoms. The number of thiol groups is 2. The second-order valence-corrected chi connectivity index (χ2v) is 3.08. The molecular weight excluding hydrogens is 197 g/mol. The quantitative estimate of drug-likeness (QED) is 0.672. The molecule has 1 amide bonds. The van der Waals surface area contributed by atoms with Crippen molar-refractivity contribution in [2.24, 2.45) is 0 Å². The molecule has 0 aromatic heterocycles. The highest BCUT2D eigenvalue weighted by Gasteiger charge is 2.06. The zero-order valence-corrected chi connectivity index (χ0v) is 7.83. The first-order chi connectivity index (χ1) is 5.22. The maximum atomic E-state index is 11.1. The molecule has 0 aliphatic heterocycles. The van der Waals surface area contributed by atoms with Crippen molar-refractivity contribution in [2.45, 2.75) is 0 Å². The minimum atomic E-state index is -0.225. The van der Waals surface area contributed by atoms with Gasteiger partial charge in [-0.05, 0) is 12.1 Å². The molecule has 0 fully saturated rings. The molecule has 0 saturated heterocycles. The van der Waals surface area contributed by atoms with E-state index in [1.807, 2.05) is 6.07 Å². The Morgan fingerprint density at radius 3 is 2.08 bits per heavy atom. The Labute approximate surface area is 81.0 Å². The van der Waals surface area contributed by atoms with Crippen LogP contribution in [-0.4, -0.2) is 9.62 Å². The Balaban J connectivity index is 0.00000121. The fourth-order valence-electron chi connectivity index (χ4n) is 0.696. The maximum absolute atomic E-state index is 11.1. The molecule has 0 heterocycles. The molecular formula is C7H8FNOS2. The minimum Gasteiger partial charge on any atom is -0.269 e. The first kappa shape index (κ1) is 11.3. The molecule has 1 aromatic carbocycles. The zero-order valence-electron chi connectivity index (χ0n) is 6.04. The highest BCUT2D eigenvalue weighted by Crippen LogP contribution is 2.07. The van der Waals surface area contributed by atoms with Crippen LogP contribution < -0.4 is 0 Å². The molecule has 0 spiro atoms. The summed E-state index contributed by atoms with van der Waals surface area (Å²) in [7, 11) is 0. The fraction of sp³-hybridized carbons (Fsp3) is 0. The molecule has 12 heavy (non-hydrogen) atoms. The smallest absolute Gasteiger partial charge is 0.269 e. The third kappa shape index (κ3) is 2.75. The largest absolute Gasteiger partial charge is 0.273 e. The monoisotopic (exact) mass is 205 g/mol. The van der Waals surface area contributed by atoms with Gasteiger partial charge in [-0.15, -0.1) is 0 Å². The first-order valence-corrected chi connectivity index (χ1v) is 3.79. The van der Waals surface area contributed by atoms with Crippen molar-refractivity contribution in [1.29, 1.82) is 0 Å². The van der Waals surface area contributed by atoms with Crippen LogP contribution in [0, 0.1) is 0 Å². The van der Waals surface area contributed by atoms with E-state index in [1.54, 1.807) is 24.3 Å². The molecule has 1 aromatic rings. The van der Waals surface area contributed by atoms with Gasteiger partial charge in [0, 0.05) is 5.56 Å². The molecule has 0 aliphatic rings. The second-order valence-electron chi connectivity index (χ2n) is 1.96. The van der Waals surface area contributed by atoms with E-state index >= 15 is 0 Å². The number of carbonyl (C=O) groups is 1. The van der Waals surface area contributed by atoms with Crippen LogP contribution in [0.5, 0.6) is 0 Å². The summed E-state index contributed by atoms with van der Waals surface area (Å²) in [5.41, 5.74) is 0.581. The fourth-order valence-corrected chi connectivity index (χ4v) is 0.927. The third-order valence-corrected chi connectivity index (χ3v) is 1.57. The lowest BCUT2D eigenvalue weighted by Gasteiger charge is -2.05.